The highest BCUT2D eigenvalue weighted by Gasteiger charge is 2.36. The fraction of sp³-hybridized carbons (Fsp3) is 0.391. The molecule has 0 aliphatic carbocycles. The number of morpholine rings is 1. The van der Waals surface area contributed by atoms with Crippen molar-refractivity contribution >= 4 is 23.2 Å². The Morgan fingerprint density at radius 3 is 2.64 bits per heavy atom. The van der Waals surface area contributed by atoms with Gasteiger partial charge in [-0.25, -0.2) is 0 Å². The molecule has 2 fully saturated rings. The lowest BCUT2D eigenvalue weighted by molar-refractivity contribution is -0.387. The SMILES string of the molecule is O=C(NCC(c1ccccc1)N1CCOCC1)C1CC(=O)N(c2ccc(F)c([N+](=O)[O-])c2)C1. The Hall–Kier alpha value is -3.37. The van der Waals surface area contributed by atoms with Gasteiger partial charge in [-0.2, -0.15) is 4.39 Å². The molecule has 2 aromatic carbocycles. The zero-order valence-corrected chi connectivity index (χ0v) is 18.0. The zero-order chi connectivity index (χ0) is 23.4. The summed E-state index contributed by atoms with van der Waals surface area (Å²) in [6.07, 6.45) is -0.00936. The van der Waals surface area contributed by atoms with E-state index in [1.54, 1.807) is 0 Å². The Labute approximate surface area is 190 Å². The summed E-state index contributed by atoms with van der Waals surface area (Å²) in [5.41, 5.74) is 0.589. The average molecular weight is 456 g/mol. The third-order valence-corrected chi connectivity index (χ3v) is 6.07. The summed E-state index contributed by atoms with van der Waals surface area (Å²) in [4.78, 5) is 39.2. The van der Waals surface area contributed by atoms with E-state index in [1.807, 2.05) is 30.3 Å². The molecule has 2 unspecified atom stereocenters. The largest absolute Gasteiger partial charge is 0.379 e. The number of ether oxygens (including phenoxy) is 1. The zero-order valence-electron chi connectivity index (χ0n) is 18.0. The van der Waals surface area contributed by atoms with Crippen LogP contribution in [0.5, 0.6) is 0 Å². The topological polar surface area (TPSA) is 105 Å². The maximum atomic E-state index is 13.7. The van der Waals surface area contributed by atoms with Gasteiger partial charge in [0, 0.05) is 38.7 Å². The Morgan fingerprint density at radius 1 is 1.21 bits per heavy atom. The van der Waals surface area contributed by atoms with Gasteiger partial charge in [-0.3, -0.25) is 24.6 Å². The first-order valence-electron chi connectivity index (χ1n) is 10.8. The summed E-state index contributed by atoms with van der Waals surface area (Å²) in [6.45, 7) is 3.25. The van der Waals surface area contributed by atoms with Crippen LogP contribution in [-0.4, -0.2) is 61.0 Å². The highest BCUT2D eigenvalue weighted by molar-refractivity contribution is 6.00. The molecule has 1 N–H and O–H groups in total. The quantitative estimate of drug-likeness (QED) is 0.506. The lowest BCUT2D eigenvalue weighted by Gasteiger charge is -2.35. The predicted octanol–water partition coefficient (Wildman–Crippen LogP) is 2.28. The third-order valence-electron chi connectivity index (χ3n) is 6.07. The van der Waals surface area contributed by atoms with Crippen molar-refractivity contribution in [1.29, 1.82) is 0 Å². The van der Waals surface area contributed by atoms with Crippen molar-refractivity contribution in [2.45, 2.75) is 12.5 Å². The Kier molecular flexibility index (Phi) is 6.95. The van der Waals surface area contributed by atoms with E-state index in [0.29, 0.717) is 19.8 Å². The number of hydrogen-bond donors (Lipinski definition) is 1. The van der Waals surface area contributed by atoms with Crippen LogP contribution in [0.25, 0.3) is 0 Å². The van der Waals surface area contributed by atoms with Crippen molar-refractivity contribution in [3.8, 4) is 0 Å². The average Bonchev–Trinajstić information content (AvgIpc) is 3.22. The van der Waals surface area contributed by atoms with Gasteiger partial charge in [0.1, 0.15) is 0 Å². The molecule has 0 radical (unpaired) electrons. The van der Waals surface area contributed by atoms with Crippen molar-refractivity contribution in [2.75, 3.05) is 44.3 Å². The Bertz CT molecular complexity index is 1030. The molecule has 2 aromatic rings. The van der Waals surface area contributed by atoms with E-state index < -0.39 is 22.3 Å². The van der Waals surface area contributed by atoms with Crippen LogP contribution in [0.2, 0.25) is 0 Å². The van der Waals surface area contributed by atoms with E-state index in [9.17, 15) is 24.1 Å². The molecule has 0 aromatic heterocycles. The van der Waals surface area contributed by atoms with Crippen LogP contribution in [0.3, 0.4) is 0 Å². The summed E-state index contributed by atoms with van der Waals surface area (Å²) >= 11 is 0. The Morgan fingerprint density at radius 2 is 1.94 bits per heavy atom. The molecule has 0 bridgehead atoms. The standard InChI is InChI=1S/C23H25FN4O5/c24-19-7-6-18(13-20(19)28(31)32)27-15-17(12-22(27)29)23(30)25-14-21(16-4-2-1-3-5-16)26-8-10-33-11-9-26/h1-7,13,17,21H,8-12,14-15H2,(H,25,30). The smallest absolute Gasteiger partial charge is 0.306 e. The first kappa shape index (κ1) is 22.8. The van der Waals surface area contributed by atoms with E-state index >= 15 is 0 Å². The third kappa shape index (κ3) is 5.18. The monoisotopic (exact) mass is 456 g/mol. The molecule has 2 aliphatic heterocycles. The number of rotatable bonds is 7. The molecule has 4 rings (SSSR count). The molecule has 0 spiro atoms. The number of benzene rings is 2. The van der Waals surface area contributed by atoms with Gasteiger partial charge < -0.3 is 15.0 Å². The van der Waals surface area contributed by atoms with Gasteiger partial charge >= 0.3 is 5.69 Å². The maximum Gasteiger partial charge on any atom is 0.306 e. The summed E-state index contributed by atoms with van der Waals surface area (Å²) in [5.74, 6) is -2.15. The van der Waals surface area contributed by atoms with E-state index in [-0.39, 0.29) is 36.5 Å². The van der Waals surface area contributed by atoms with Crippen LogP contribution in [0.15, 0.2) is 48.5 Å². The first-order valence-corrected chi connectivity index (χ1v) is 10.8. The van der Waals surface area contributed by atoms with E-state index in [2.05, 4.69) is 10.2 Å². The van der Waals surface area contributed by atoms with Gasteiger partial charge in [-0.1, -0.05) is 30.3 Å². The molecule has 2 heterocycles. The summed E-state index contributed by atoms with van der Waals surface area (Å²) < 4.78 is 19.1. The minimum atomic E-state index is -0.972. The molecule has 10 heteroatoms. The van der Waals surface area contributed by atoms with Gasteiger partial charge in [0.05, 0.1) is 35.8 Å². The number of hydrogen-bond acceptors (Lipinski definition) is 6. The van der Waals surface area contributed by atoms with Crippen LogP contribution in [0, 0.1) is 21.8 Å². The molecular formula is C23H25FN4O5. The highest BCUT2D eigenvalue weighted by atomic mass is 19.1. The first-order chi connectivity index (χ1) is 15.9. The van der Waals surface area contributed by atoms with E-state index in [1.165, 1.54) is 11.0 Å². The molecule has 9 nitrogen and oxygen atoms in total. The molecule has 0 saturated carbocycles. The van der Waals surface area contributed by atoms with Gasteiger partial charge in [0.15, 0.2) is 0 Å². The molecule has 2 saturated heterocycles. The number of nitrogens with one attached hydrogen (secondary N) is 1. The van der Waals surface area contributed by atoms with Crippen LogP contribution < -0.4 is 10.2 Å². The number of carbonyl (C=O) groups excluding carboxylic acids is 2. The molecule has 33 heavy (non-hydrogen) atoms. The minimum absolute atomic E-state index is 0.00936. The molecule has 174 valence electrons. The number of amides is 2. The highest BCUT2D eigenvalue weighted by Crippen LogP contribution is 2.30. The lowest BCUT2D eigenvalue weighted by Crippen LogP contribution is -2.45. The summed E-state index contributed by atoms with van der Waals surface area (Å²) in [7, 11) is 0. The minimum Gasteiger partial charge on any atom is -0.379 e. The molecule has 2 atom stereocenters. The van der Waals surface area contributed by atoms with Gasteiger partial charge in [0.2, 0.25) is 17.6 Å². The van der Waals surface area contributed by atoms with Gasteiger partial charge in [-0.05, 0) is 17.7 Å². The number of nitro groups is 1. The fourth-order valence-corrected chi connectivity index (χ4v) is 4.31. The number of nitro benzene ring substituents is 1. The van der Waals surface area contributed by atoms with Crippen molar-refractivity contribution in [3.63, 3.8) is 0 Å². The van der Waals surface area contributed by atoms with E-state index in [0.717, 1.165) is 30.8 Å². The van der Waals surface area contributed by atoms with Crippen molar-refractivity contribution in [1.82, 2.24) is 10.2 Å². The van der Waals surface area contributed by atoms with Crippen LogP contribution in [0.4, 0.5) is 15.8 Å². The number of halogens is 1. The van der Waals surface area contributed by atoms with Crippen molar-refractivity contribution < 1.29 is 23.6 Å². The Balaban J connectivity index is 1.42. The van der Waals surface area contributed by atoms with Crippen molar-refractivity contribution in [3.05, 3.63) is 70.0 Å². The van der Waals surface area contributed by atoms with Crippen LogP contribution in [0.1, 0.15) is 18.0 Å². The second kappa shape index (κ2) is 10.1. The predicted molar refractivity (Wildman–Crippen MR) is 118 cm³/mol. The number of anilines is 1. The maximum absolute atomic E-state index is 13.7. The summed E-state index contributed by atoms with van der Waals surface area (Å²) in [6, 6.07) is 13.2. The lowest BCUT2D eigenvalue weighted by atomic mass is 10.0. The normalized spacial score (nSPS) is 20.0. The molecular weight excluding hydrogens is 431 g/mol. The van der Waals surface area contributed by atoms with Crippen molar-refractivity contribution in [2.24, 2.45) is 5.92 Å². The second-order valence-corrected chi connectivity index (χ2v) is 8.12. The molecule has 2 aliphatic rings. The second-order valence-electron chi connectivity index (χ2n) is 8.12. The fourth-order valence-electron chi connectivity index (χ4n) is 4.31. The van der Waals surface area contributed by atoms with Crippen LogP contribution in [-0.2, 0) is 14.3 Å². The molecule has 2 amide bonds. The van der Waals surface area contributed by atoms with Gasteiger partial charge in [-0.15, -0.1) is 0 Å². The van der Waals surface area contributed by atoms with Crippen LogP contribution >= 0.6 is 0 Å². The number of nitrogens with zero attached hydrogens (tertiary/aromatic N) is 3. The van der Waals surface area contributed by atoms with Gasteiger partial charge in [0.25, 0.3) is 0 Å². The summed E-state index contributed by atoms with van der Waals surface area (Å²) in [5, 5.41) is 14.0. The number of carbonyl (C=O) groups is 2. The van der Waals surface area contributed by atoms with E-state index in [4.69, 9.17) is 4.74 Å².